The lowest BCUT2D eigenvalue weighted by Crippen LogP contribution is -2.40. The van der Waals surface area contributed by atoms with Crippen molar-refractivity contribution >= 4 is 18.1 Å². The molecule has 2 heterocycles. The van der Waals surface area contributed by atoms with Gasteiger partial charge in [-0.25, -0.2) is 8.78 Å². The number of nitrogens with zero attached hydrogens (tertiary/aromatic N) is 6. The average molecular weight is 719 g/mol. The van der Waals surface area contributed by atoms with Crippen molar-refractivity contribution in [3.63, 3.8) is 0 Å². The first-order valence-electron chi connectivity index (χ1n) is 16.8. The maximum Gasteiger partial charge on any atom is 0.416 e. The molecule has 0 fully saturated rings. The number of carbonyl (C=O) groups excluding carboxylic acids is 1. The summed E-state index contributed by atoms with van der Waals surface area (Å²) in [5.74, 6) is -2.26. The summed E-state index contributed by atoms with van der Waals surface area (Å²) in [5, 5.41) is 4.16. The molecule has 0 unspecified atom stereocenters. The fraction of sp³-hybridized carbons (Fsp3) is 0.282. The van der Waals surface area contributed by atoms with Gasteiger partial charge in [-0.15, -0.1) is 0 Å². The van der Waals surface area contributed by atoms with E-state index >= 15 is 0 Å². The molecule has 52 heavy (non-hydrogen) atoms. The summed E-state index contributed by atoms with van der Waals surface area (Å²) in [6.07, 6.45) is 3.43. The smallest absolute Gasteiger partial charge is 0.336 e. The second-order valence-electron chi connectivity index (χ2n) is 12.3. The highest BCUT2D eigenvalue weighted by Crippen LogP contribution is 2.31. The van der Waals surface area contributed by atoms with Gasteiger partial charge in [0.2, 0.25) is 5.91 Å². The quantitative estimate of drug-likeness (QED) is 0.115. The topological polar surface area (TPSA) is 76.3 Å². The molecule has 272 valence electrons. The lowest BCUT2D eigenvalue weighted by Gasteiger charge is -2.27. The molecule has 1 amide bonds. The lowest BCUT2D eigenvalue weighted by molar-refractivity contribution is -0.137. The Morgan fingerprint density at radius 2 is 1.54 bits per heavy atom. The zero-order valence-corrected chi connectivity index (χ0v) is 29.1. The molecule has 0 spiro atoms. The van der Waals surface area contributed by atoms with Crippen molar-refractivity contribution in [1.29, 1.82) is 0 Å². The van der Waals surface area contributed by atoms with Crippen LogP contribution in [0.25, 0.3) is 23.3 Å². The minimum Gasteiger partial charge on any atom is -0.336 e. The number of amides is 1. The summed E-state index contributed by atoms with van der Waals surface area (Å²) >= 11 is 0. The fourth-order valence-corrected chi connectivity index (χ4v) is 5.74. The molecule has 5 rings (SSSR count). The van der Waals surface area contributed by atoms with E-state index in [0.29, 0.717) is 24.2 Å². The highest BCUT2D eigenvalue weighted by Gasteiger charge is 2.30. The Morgan fingerprint density at radius 3 is 2.15 bits per heavy atom. The Balaban J connectivity index is 1.44. The van der Waals surface area contributed by atoms with Crippen molar-refractivity contribution in [3.8, 4) is 11.1 Å². The molecule has 0 atom stereocenters. The number of halogens is 5. The van der Waals surface area contributed by atoms with Gasteiger partial charge in [-0.2, -0.15) is 23.3 Å². The van der Waals surface area contributed by atoms with Crippen LogP contribution >= 0.6 is 0 Å². The van der Waals surface area contributed by atoms with E-state index < -0.39 is 28.9 Å². The molecule has 0 saturated heterocycles. The molecule has 0 bridgehead atoms. The molecule has 13 heteroatoms. The van der Waals surface area contributed by atoms with Crippen LogP contribution in [0.5, 0.6) is 0 Å². The Hall–Kier alpha value is -5.43. The monoisotopic (exact) mass is 718 g/mol. The van der Waals surface area contributed by atoms with Crippen LogP contribution in [-0.2, 0) is 37.5 Å². The Morgan fingerprint density at radius 1 is 0.865 bits per heavy atom. The molecule has 0 aliphatic rings. The highest BCUT2D eigenvalue weighted by atomic mass is 19.4. The van der Waals surface area contributed by atoms with Crippen LogP contribution in [0.1, 0.15) is 47.5 Å². The van der Waals surface area contributed by atoms with Crippen LogP contribution in [0.3, 0.4) is 0 Å². The molecule has 5 aromatic rings. The first-order chi connectivity index (χ1) is 24.8. The van der Waals surface area contributed by atoms with E-state index in [2.05, 4.69) is 15.0 Å². The number of alkyl halides is 3. The third-order valence-corrected chi connectivity index (χ3v) is 8.75. The van der Waals surface area contributed by atoms with E-state index in [1.54, 1.807) is 47.4 Å². The summed E-state index contributed by atoms with van der Waals surface area (Å²) in [7, 11) is 1.76. The van der Waals surface area contributed by atoms with Gasteiger partial charge in [-0.05, 0) is 65.7 Å². The summed E-state index contributed by atoms with van der Waals surface area (Å²) in [5.41, 5.74) is 1.95. The highest BCUT2D eigenvalue weighted by molar-refractivity contribution is 5.77. The van der Waals surface area contributed by atoms with Crippen molar-refractivity contribution in [1.82, 2.24) is 29.1 Å². The van der Waals surface area contributed by atoms with Crippen molar-refractivity contribution in [2.24, 2.45) is 7.05 Å². The lowest BCUT2D eigenvalue weighted by atomic mass is 10.0. The van der Waals surface area contributed by atoms with E-state index in [1.165, 1.54) is 41.0 Å². The molecule has 0 radical (unpaired) electrons. The summed E-state index contributed by atoms with van der Waals surface area (Å²) in [6, 6.07) is 16.0. The maximum absolute atomic E-state index is 14.5. The normalized spacial score (nSPS) is 11.9. The average Bonchev–Trinajstić information content (AvgIpc) is 3.54. The second kappa shape index (κ2) is 16.7. The number of aryl methyl sites for hydroxylation is 1. The van der Waals surface area contributed by atoms with Crippen molar-refractivity contribution in [3.05, 3.63) is 141 Å². The standard InChI is InChI=1S/C39H39F5N6O2/c1-4-48(5-2)19-20-49(24-27-9-11-29(12-10-27)30-13-16-33(17-14-30)39(42,43)44)36(51)26-50-25-32(21-28-22-45-47(3)23-28)38(52)46-35(50)18-15-31-7-6-8-34(40)37(31)41/h6-18,22-23,25H,4-5,19-21,24,26H2,1-3H3/b18-15+. The minimum atomic E-state index is -4.42. The van der Waals surface area contributed by atoms with E-state index in [1.807, 2.05) is 26.0 Å². The van der Waals surface area contributed by atoms with Crippen LogP contribution in [0, 0.1) is 11.6 Å². The van der Waals surface area contributed by atoms with Crippen LogP contribution in [0.2, 0.25) is 0 Å². The number of hydrogen-bond acceptors (Lipinski definition) is 5. The van der Waals surface area contributed by atoms with Gasteiger partial charge in [-0.1, -0.05) is 62.4 Å². The first kappa shape index (κ1) is 37.8. The van der Waals surface area contributed by atoms with Gasteiger partial charge in [0.25, 0.3) is 5.56 Å². The zero-order valence-electron chi connectivity index (χ0n) is 29.1. The van der Waals surface area contributed by atoms with E-state index in [4.69, 9.17) is 0 Å². The number of hydrogen-bond donors (Lipinski definition) is 0. The molecular weight excluding hydrogens is 679 g/mol. The molecule has 0 N–H and O–H groups in total. The molecule has 0 saturated carbocycles. The molecule has 8 nitrogen and oxygen atoms in total. The molecule has 0 aliphatic heterocycles. The summed E-state index contributed by atoms with van der Waals surface area (Å²) < 4.78 is 70.7. The molecule has 2 aromatic heterocycles. The zero-order chi connectivity index (χ0) is 37.4. The summed E-state index contributed by atoms with van der Waals surface area (Å²) in [4.78, 5) is 35.4. The SMILES string of the molecule is CCN(CC)CCN(Cc1ccc(-c2ccc(C(F)(F)F)cc2)cc1)C(=O)Cn1cc(Cc2cnn(C)c2)c(=O)nc1/C=C/c1cccc(F)c1F. The van der Waals surface area contributed by atoms with Gasteiger partial charge in [0.1, 0.15) is 12.4 Å². The minimum absolute atomic E-state index is 0.0489. The predicted molar refractivity (Wildman–Crippen MR) is 190 cm³/mol. The first-order valence-corrected chi connectivity index (χ1v) is 16.8. The van der Waals surface area contributed by atoms with Crippen molar-refractivity contribution in [2.45, 2.75) is 39.5 Å². The number of aromatic nitrogens is 4. The third kappa shape index (κ3) is 9.66. The van der Waals surface area contributed by atoms with Gasteiger partial charge in [0, 0.05) is 56.6 Å². The van der Waals surface area contributed by atoms with Crippen LogP contribution in [0.4, 0.5) is 22.0 Å². The van der Waals surface area contributed by atoms with E-state index in [9.17, 15) is 31.5 Å². The summed E-state index contributed by atoms with van der Waals surface area (Å²) in [6.45, 7) is 6.65. The van der Waals surface area contributed by atoms with Crippen molar-refractivity contribution in [2.75, 3.05) is 26.2 Å². The molecular formula is C39H39F5N6O2. The van der Waals surface area contributed by atoms with Crippen LogP contribution in [-0.4, -0.2) is 61.2 Å². The van der Waals surface area contributed by atoms with Crippen LogP contribution in [0.15, 0.2) is 90.1 Å². The number of likely N-dealkylation sites (N-methyl/N-ethyl adjacent to an activating group) is 1. The van der Waals surface area contributed by atoms with Gasteiger partial charge >= 0.3 is 6.18 Å². The van der Waals surface area contributed by atoms with Gasteiger partial charge < -0.3 is 14.4 Å². The van der Waals surface area contributed by atoms with Gasteiger partial charge in [0.05, 0.1) is 11.8 Å². The van der Waals surface area contributed by atoms with Gasteiger partial charge in [-0.3, -0.25) is 14.3 Å². The Kier molecular flexibility index (Phi) is 12.2. The van der Waals surface area contributed by atoms with E-state index in [0.717, 1.165) is 48.0 Å². The van der Waals surface area contributed by atoms with E-state index in [-0.39, 0.29) is 36.8 Å². The largest absolute Gasteiger partial charge is 0.416 e. The Bertz CT molecular complexity index is 2070. The van der Waals surface area contributed by atoms with Gasteiger partial charge in [0.15, 0.2) is 11.6 Å². The number of rotatable bonds is 14. The Labute approximate surface area is 298 Å². The number of carbonyl (C=O) groups is 1. The number of benzene rings is 3. The molecule has 3 aromatic carbocycles. The maximum atomic E-state index is 14.5. The predicted octanol–water partition coefficient (Wildman–Crippen LogP) is 7.07. The fourth-order valence-electron chi connectivity index (χ4n) is 5.74. The van der Waals surface area contributed by atoms with Crippen LogP contribution < -0.4 is 5.56 Å². The second-order valence-corrected chi connectivity index (χ2v) is 12.3. The molecule has 0 aliphatic carbocycles. The van der Waals surface area contributed by atoms with Crippen molar-refractivity contribution < 1.29 is 26.7 Å². The third-order valence-electron chi connectivity index (χ3n) is 8.75.